The van der Waals surface area contributed by atoms with Crippen LogP contribution >= 0.6 is 11.8 Å². The molecule has 0 atom stereocenters. The third-order valence-electron chi connectivity index (χ3n) is 6.70. The minimum absolute atomic E-state index is 0.0878. The zero-order valence-corrected chi connectivity index (χ0v) is 27.1. The van der Waals surface area contributed by atoms with E-state index in [0.29, 0.717) is 0 Å². The number of benzene rings is 4. The van der Waals surface area contributed by atoms with Crippen LogP contribution in [0, 0.1) is 18.6 Å². The molecule has 4 aromatic carbocycles. The summed E-state index contributed by atoms with van der Waals surface area (Å²) in [5.41, 5.74) is -15.3. The number of pyridine rings is 1. The Morgan fingerprint density at radius 2 is 1.74 bits per heavy atom. The Morgan fingerprint density at radius 3 is 2.42 bits per heavy atom. The zero-order valence-electron chi connectivity index (χ0n) is 59.3. The van der Waals surface area contributed by atoms with Crippen molar-refractivity contribution in [3.05, 3.63) is 135 Å². The lowest BCUT2D eigenvalue weighted by molar-refractivity contribution is -0.137. The van der Waals surface area contributed by atoms with Gasteiger partial charge in [-0.3, -0.25) is 9.59 Å². The van der Waals surface area contributed by atoms with Gasteiger partial charge in [0.25, 0.3) is 0 Å². The molecule has 53 heavy (non-hydrogen) atoms. The van der Waals surface area contributed by atoms with Crippen LogP contribution in [-0.2, 0) is 34.5 Å². The maximum atomic E-state index is 15.8. The van der Waals surface area contributed by atoms with E-state index in [4.69, 9.17) is 38.4 Å². The molecule has 0 aliphatic carbocycles. The standard InChI is InChI=1S/C41H40F5N3O3S/c1-27-6-15-36-34(22-27)37(50)23-39(53-26-31-4-3-5-35(42)40(31)43)49(36)25-38(51)48(33-16-18-47(19-17-33)20-21-52-2)24-28-7-9-29(10-8-28)30-11-13-32(14-12-30)41(44,45)46/h3-15,22-23,33H,16-21,24-26H2,1-2H3/i2D3,3D,4D,5D,6D,7D,8D,9D,10D,11D,12D,13D,14D,15D,16D2,17D2,18D2,19D2,20D2,21D2,22D,23D,26D2,33D. The molecule has 1 aliphatic rings. The van der Waals surface area contributed by atoms with Crippen LogP contribution in [0.25, 0.3) is 22.0 Å². The second kappa shape index (κ2) is 16.7. The summed E-state index contributed by atoms with van der Waals surface area (Å²) in [5, 5.41) is -2.56. The Balaban J connectivity index is 1.79. The van der Waals surface area contributed by atoms with Gasteiger partial charge in [-0.2, -0.15) is 13.2 Å². The van der Waals surface area contributed by atoms with Gasteiger partial charge in [0, 0.05) is 78.2 Å². The zero-order chi connectivity index (χ0) is 66.7. The lowest BCUT2D eigenvalue weighted by Gasteiger charge is -2.39. The van der Waals surface area contributed by atoms with E-state index in [1.54, 1.807) is 0 Å². The van der Waals surface area contributed by atoms with Crippen LogP contribution in [0.5, 0.6) is 0 Å². The Labute approximate surface area is 355 Å². The fraction of sp³-hybridized carbons (Fsp3) is 0.317. The number of aromatic nitrogens is 1. The van der Waals surface area contributed by atoms with Crippen LogP contribution in [0.2, 0.25) is 0 Å². The molecule has 278 valence electrons. The van der Waals surface area contributed by atoms with Crippen molar-refractivity contribution in [1.29, 1.82) is 0 Å². The number of piperidine rings is 1. The van der Waals surface area contributed by atoms with Crippen LogP contribution in [0.3, 0.4) is 0 Å². The predicted octanol–water partition coefficient (Wildman–Crippen LogP) is 8.71. The minimum Gasteiger partial charge on any atom is -0.383 e. The number of hydrogen-bond donors (Lipinski definition) is 0. The van der Waals surface area contributed by atoms with Crippen molar-refractivity contribution in [2.75, 3.05) is 33.1 Å². The smallest absolute Gasteiger partial charge is 0.383 e. The van der Waals surface area contributed by atoms with Gasteiger partial charge in [-0.1, -0.05) is 59.9 Å². The van der Waals surface area contributed by atoms with Gasteiger partial charge >= 0.3 is 6.18 Å². The second-order valence-electron chi connectivity index (χ2n) is 10.2. The van der Waals surface area contributed by atoms with Gasteiger partial charge in [0.15, 0.2) is 17.1 Å². The van der Waals surface area contributed by atoms with Crippen molar-refractivity contribution in [2.24, 2.45) is 0 Å². The summed E-state index contributed by atoms with van der Waals surface area (Å²) in [6, 6.07) is -27.8. The van der Waals surface area contributed by atoms with E-state index in [-0.39, 0.29) is 4.57 Å². The summed E-state index contributed by atoms with van der Waals surface area (Å²) in [6.45, 7) is -22.4. The number of methoxy groups -OCH3 is 1. The van der Waals surface area contributed by atoms with Crippen molar-refractivity contribution < 1.29 is 76.7 Å². The molecular formula is C41H40F5N3O3S. The first-order valence-corrected chi connectivity index (χ1v) is 15.1. The number of carbonyl (C=O) groups excluding carboxylic acids is 1. The fourth-order valence-corrected chi connectivity index (χ4v) is 5.04. The molecule has 1 aromatic heterocycles. The van der Waals surface area contributed by atoms with Crippen LogP contribution in [0.15, 0.2) is 100 Å². The largest absolute Gasteiger partial charge is 0.416 e. The number of alkyl halides is 3. The molecule has 0 bridgehead atoms. The Bertz CT molecular complexity index is 3670. The molecule has 1 amide bonds. The Morgan fingerprint density at radius 1 is 1.04 bits per heavy atom. The third kappa shape index (κ3) is 9.17. The molecule has 6 rings (SSSR count). The lowest BCUT2D eigenvalue weighted by Crippen LogP contribution is -2.48. The normalized spacial score (nSPS) is 28.6. The Hall–Kier alpha value is -4.52. The summed E-state index contributed by atoms with van der Waals surface area (Å²) in [4.78, 5) is 28.1. The van der Waals surface area contributed by atoms with Crippen molar-refractivity contribution in [1.82, 2.24) is 14.4 Å². The van der Waals surface area contributed by atoms with E-state index >= 15 is 13.6 Å². The third-order valence-corrected chi connectivity index (χ3v) is 7.52. The van der Waals surface area contributed by atoms with Crippen LogP contribution in [0.4, 0.5) is 22.0 Å². The van der Waals surface area contributed by atoms with Gasteiger partial charge in [0.1, 0.15) is 6.54 Å². The summed E-state index contributed by atoms with van der Waals surface area (Å²) in [7, 11) is -4.01. The van der Waals surface area contributed by atoms with E-state index in [1.807, 2.05) is 0 Å². The summed E-state index contributed by atoms with van der Waals surface area (Å²) in [5.74, 6) is -6.90. The number of carbonyl (C=O) groups is 1. The molecule has 0 unspecified atom stereocenters. The number of fused-ring (bicyclic) bond motifs is 1. The predicted molar refractivity (Wildman–Crippen MR) is 198 cm³/mol. The van der Waals surface area contributed by atoms with Crippen LogP contribution in [0.1, 0.15) is 80.2 Å². The molecule has 1 saturated heterocycles. The van der Waals surface area contributed by atoms with E-state index < -0.39 is 261 Å². The van der Waals surface area contributed by atoms with Gasteiger partial charge in [-0.15, -0.1) is 11.8 Å². The highest BCUT2D eigenvalue weighted by Crippen LogP contribution is 2.32. The molecule has 0 N–H and O–H groups in total. The first-order valence-electron chi connectivity index (χ1n) is 30.8. The molecular weight excluding hydrogens is 710 g/mol. The number of rotatable bonds is 12. The van der Waals surface area contributed by atoms with Gasteiger partial charge in [-0.05, 0) is 66.6 Å². The summed E-state index contributed by atoms with van der Waals surface area (Å²) >= 11 is -0.646. The number of nitrogens with zero attached hydrogens (tertiary/aromatic N) is 3. The molecule has 1 aliphatic heterocycles. The van der Waals surface area contributed by atoms with Crippen molar-refractivity contribution >= 4 is 28.6 Å². The molecule has 0 spiro atoms. The SMILES string of the molecule is [2H]c1c([2H])c(F)c(F)c(C([2H])([2H])Sc2c([2H])c(=O)c3c([2H])c(C)c([2H])c([2H])c3n2CC(=O)N(Cc2c([2H])c([2H])c(-c3c([2H])c([2H])c(C(F)(F)F)c([2H])c3[2H])c([2H])c2[2H])C2([2H])C([2H])([2H])C([2H])([2H])N(C([2H])([2H])C([2H])([2H])OC([2H])([2H])[2H])C([2H])([2H])C2([2H])[2H])c1[2H]. The first-order chi connectivity index (χ1) is 38.5. The van der Waals surface area contributed by atoms with Crippen molar-refractivity contribution in [2.45, 2.75) is 55.7 Å². The van der Waals surface area contributed by atoms with Crippen molar-refractivity contribution in [3.8, 4) is 11.1 Å². The fourth-order valence-electron chi connectivity index (χ4n) is 4.29. The van der Waals surface area contributed by atoms with Gasteiger partial charge in [0.2, 0.25) is 5.91 Å². The second-order valence-corrected chi connectivity index (χ2v) is 11.0. The topological polar surface area (TPSA) is 54.8 Å². The quantitative estimate of drug-likeness (QED) is 0.0937. The molecule has 6 nitrogen and oxygen atoms in total. The maximum Gasteiger partial charge on any atom is 0.416 e. The number of ether oxygens (including phenoxy) is 1. The molecule has 0 radical (unpaired) electrons. The average Bonchev–Trinajstić information content (AvgIpc) is 0.660. The monoisotopic (exact) mass is 782 g/mol. The molecule has 1 fully saturated rings. The number of hydrogen-bond acceptors (Lipinski definition) is 5. The first kappa shape index (κ1) is 14.6. The molecule has 5 aromatic rings. The van der Waals surface area contributed by atoms with Crippen LogP contribution in [-0.4, -0.2) is 59.4 Å². The van der Waals surface area contributed by atoms with Gasteiger partial charge in [-0.25, -0.2) is 8.78 Å². The number of amides is 1. The van der Waals surface area contributed by atoms with Crippen molar-refractivity contribution in [3.63, 3.8) is 0 Å². The Kier molecular flexibility index (Phi) is 4.59. The summed E-state index contributed by atoms with van der Waals surface area (Å²) < 4.78 is 362. The lowest BCUT2D eigenvalue weighted by atomic mass is 10.00. The summed E-state index contributed by atoms with van der Waals surface area (Å²) in [6.07, 6.45) is -15.5. The highest BCUT2D eigenvalue weighted by molar-refractivity contribution is 7.98. The minimum atomic E-state index is -5.58. The number of thioether (sulfide) groups is 1. The molecule has 2 heterocycles. The van der Waals surface area contributed by atoms with Gasteiger partial charge < -0.3 is 19.1 Å². The van der Waals surface area contributed by atoms with Crippen LogP contribution < -0.4 is 5.43 Å². The highest BCUT2D eigenvalue weighted by atomic mass is 32.2. The molecule has 0 saturated carbocycles. The van der Waals surface area contributed by atoms with Gasteiger partial charge in [0.05, 0.1) is 51.5 Å². The number of likely N-dealkylation sites (tertiary alicyclic amines) is 1. The van der Waals surface area contributed by atoms with E-state index in [1.165, 1.54) is 0 Å². The average molecular weight is 783 g/mol. The van der Waals surface area contributed by atoms with E-state index in [2.05, 4.69) is 4.74 Å². The maximum absolute atomic E-state index is 15.8. The van der Waals surface area contributed by atoms with E-state index in [9.17, 15) is 24.8 Å². The molecule has 12 heteroatoms. The number of halogens is 5. The van der Waals surface area contributed by atoms with E-state index in [0.717, 1.165) is 6.92 Å². The highest BCUT2D eigenvalue weighted by Gasteiger charge is 2.31.